The quantitative estimate of drug-likeness (QED) is 0.625. The molecule has 1 aromatic rings. The van der Waals surface area contributed by atoms with E-state index in [9.17, 15) is 13.2 Å². The van der Waals surface area contributed by atoms with Crippen molar-refractivity contribution in [2.75, 3.05) is 32.9 Å². The monoisotopic (exact) mass is 399 g/mol. The largest absolute Gasteiger partial charge is 0.494 e. The number of piperidine rings is 1. The Labute approximate surface area is 161 Å². The van der Waals surface area contributed by atoms with Crippen LogP contribution in [0.25, 0.3) is 0 Å². The van der Waals surface area contributed by atoms with E-state index >= 15 is 0 Å². The first-order valence-corrected chi connectivity index (χ1v) is 10.9. The standard InChI is InChI=1S/C19H29NO6S/c1-5-24-16-12-18(17(25-6-2)11-14(16)4)27(22,23)20-10-8-9-15(13-20)19(21)26-7-3/h11-12,15H,5-10,13H2,1-4H3. The first-order valence-electron chi connectivity index (χ1n) is 9.42. The molecule has 1 unspecified atom stereocenters. The van der Waals surface area contributed by atoms with E-state index in [4.69, 9.17) is 14.2 Å². The van der Waals surface area contributed by atoms with E-state index in [1.807, 2.05) is 13.8 Å². The fourth-order valence-electron chi connectivity index (χ4n) is 3.18. The highest BCUT2D eigenvalue weighted by atomic mass is 32.2. The van der Waals surface area contributed by atoms with Gasteiger partial charge >= 0.3 is 5.97 Å². The summed E-state index contributed by atoms with van der Waals surface area (Å²) < 4.78 is 44.2. The van der Waals surface area contributed by atoms with Crippen LogP contribution in [0.1, 0.15) is 39.2 Å². The van der Waals surface area contributed by atoms with Gasteiger partial charge in [-0.1, -0.05) is 0 Å². The highest BCUT2D eigenvalue weighted by molar-refractivity contribution is 7.89. The molecule has 0 aliphatic carbocycles. The maximum absolute atomic E-state index is 13.3. The van der Waals surface area contributed by atoms with Gasteiger partial charge in [0.25, 0.3) is 0 Å². The Bertz CT molecular complexity index is 762. The van der Waals surface area contributed by atoms with Gasteiger partial charge in [-0.15, -0.1) is 0 Å². The molecule has 1 fully saturated rings. The summed E-state index contributed by atoms with van der Waals surface area (Å²) >= 11 is 0. The zero-order valence-corrected chi connectivity index (χ0v) is 17.3. The van der Waals surface area contributed by atoms with Crippen LogP contribution in [0, 0.1) is 12.8 Å². The number of esters is 1. The van der Waals surface area contributed by atoms with Crippen molar-refractivity contribution < 1.29 is 27.4 Å². The number of carbonyl (C=O) groups is 1. The Kier molecular flexibility index (Phi) is 7.49. The summed E-state index contributed by atoms with van der Waals surface area (Å²) in [6, 6.07) is 3.21. The van der Waals surface area contributed by atoms with Crippen molar-refractivity contribution in [3.05, 3.63) is 17.7 Å². The number of hydrogen-bond acceptors (Lipinski definition) is 6. The third-order valence-electron chi connectivity index (χ3n) is 4.46. The summed E-state index contributed by atoms with van der Waals surface area (Å²) in [5.74, 6) is 0.0253. The van der Waals surface area contributed by atoms with Gasteiger partial charge in [-0.2, -0.15) is 4.31 Å². The summed E-state index contributed by atoms with van der Waals surface area (Å²) in [7, 11) is -3.83. The van der Waals surface area contributed by atoms with Crippen LogP contribution >= 0.6 is 0 Å². The molecule has 7 nitrogen and oxygen atoms in total. The topological polar surface area (TPSA) is 82.1 Å². The van der Waals surface area contributed by atoms with Gasteiger partial charge in [-0.3, -0.25) is 4.79 Å². The Morgan fingerprint density at radius 1 is 1.11 bits per heavy atom. The molecule has 0 amide bonds. The SMILES string of the molecule is CCOC(=O)C1CCCN(S(=O)(=O)c2cc(OCC)c(C)cc2OCC)C1. The van der Waals surface area contributed by atoms with Crippen LogP contribution < -0.4 is 9.47 Å². The lowest BCUT2D eigenvalue weighted by atomic mass is 10.0. The molecule has 0 bridgehead atoms. The molecular weight excluding hydrogens is 370 g/mol. The third kappa shape index (κ3) is 4.93. The highest BCUT2D eigenvalue weighted by Crippen LogP contribution is 2.35. The molecule has 0 saturated carbocycles. The molecular formula is C19H29NO6S. The minimum atomic E-state index is -3.83. The van der Waals surface area contributed by atoms with E-state index in [1.165, 1.54) is 10.4 Å². The maximum atomic E-state index is 13.3. The van der Waals surface area contributed by atoms with E-state index in [-0.39, 0.29) is 24.0 Å². The number of nitrogens with zero attached hydrogens (tertiary/aromatic N) is 1. The van der Waals surface area contributed by atoms with Crippen LogP contribution in [-0.4, -0.2) is 51.6 Å². The van der Waals surface area contributed by atoms with Crippen LogP contribution in [-0.2, 0) is 19.6 Å². The molecule has 27 heavy (non-hydrogen) atoms. The molecule has 1 aromatic carbocycles. The van der Waals surface area contributed by atoms with Crippen molar-refractivity contribution in [2.45, 2.75) is 45.4 Å². The average molecular weight is 400 g/mol. The molecule has 0 N–H and O–H groups in total. The molecule has 1 atom stereocenters. The zero-order chi connectivity index (χ0) is 20.0. The molecule has 0 radical (unpaired) electrons. The van der Waals surface area contributed by atoms with Gasteiger partial charge in [0.05, 0.1) is 25.7 Å². The van der Waals surface area contributed by atoms with Gasteiger partial charge in [0.1, 0.15) is 16.4 Å². The maximum Gasteiger partial charge on any atom is 0.310 e. The Hall–Kier alpha value is -1.80. The van der Waals surface area contributed by atoms with Crippen LogP contribution in [0.5, 0.6) is 11.5 Å². The molecule has 1 saturated heterocycles. The lowest BCUT2D eigenvalue weighted by Crippen LogP contribution is -2.42. The third-order valence-corrected chi connectivity index (χ3v) is 6.35. The van der Waals surface area contributed by atoms with E-state index in [0.29, 0.717) is 44.1 Å². The van der Waals surface area contributed by atoms with Crippen molar-refractivity contribution in [3.8, 4) is 11.5 Å². The molecule has 0 aromatic heterocycles. The molecule has 1 aliphatic rings. The van der Waals surface area contributed by atoms with Crippen molar-refractivity contribution in [3.63, 3.8) is 0 Å². The van der Waals surface area contributed by atoms with E-state index in [0.717, 1.165) is 5.56 Å². The highest BCUT2D eigenvalue weighted by Gasteiger charge is 2.36. The van der Waals surface area contributed by atoms with Crippen LogP contribution in [0.15, 0.2) is 17.0 Å². The number of hydrogen-bond donors (Lipinski definition) is 0. The predicted molar refractivity (Wildman–Crippen MR) is 102 cm³/mol. The Morgan fingerprint density at radius 2 is 1.78 bits per heavy atom. The van der Waals surface area contributed by atoms with Crippen molar-refractivity contribution in [1.82, 2.24) is 4.31 Å². The summed E-state index contributed by atoms with van der Waals surface area (Å²) in [5.41, 5.74) is 0.808. The van der Waals surface area contributed by atoms with Gasteiger partial charge in [-0.25, -0.2) is 8.42 Å². The number of rotatable bonds is 8. The Morgan fingerprint density at radius 3 is 2.41 bits per heavy atom. The van der Waals surface area contributed by atoms with Crippen molar-refractivity contribution >= 4 is 16.0 Å². The molecule has 1 aliphatic heterocycles. The summed E-state index contributed by atoms with van der Waals surface area (Å²) in [6.45, 7) is 8.79. The number of ether oxygens (including phenoxy) is 3. The van der Waals surface area contributed by atoms with Crippen molar-refractivity contribution in [2.24, 2.45) is 5.92 Å². The van der Waals surface area contributed by atoms with Crippen LogP contribution in [0.2, 0.25) is 0 Å². The first-order chi connectivity index (χ1) is 12.8. The fourth-order valence-corrected chi connectivity index (χ4v) is 4.83. The normalized spacial score (nSPS) is 18.1. The minimum Gasteiger partial charge on any atom is -0.494 e. The first kappa shape index (κ1) is 21.5. The number of benzene rings is 1. The second kappa shape index (κ2) is 9.41. The average Bonchev–Trinajstić information content (AvgIpc) is 2.64. The van der Waals surface area contributed by atoms with Crippen LogP contribution in [0.3, 0.4) is 0 Å². The van der Waals surface area contributed by atoms with Gasteiger partial charge in [0, 0.05) is 19.2 Å². The fraction of sp³-hybridized carbons (Fsp3) is 0.632. The molecule has 152 valence electrons. The number of aryl methyl sites for hydroxylation is 1. The van der Waals surface area contributed by atoms with Gasteiger partial charge in [0.15, 0.2) is 0 Å². The minimum absolute atomic E-state index is 0.0721. The molecule has 2 rings (SSSR count). The van der Waals surface area contributed by atoms with Gasteiger partial charge < -0.3 is 14.2 Å². The van der Waals surface area contributed by atoms with Crippen LogP contribution in [0.4, 0.5) is 0 Å². The molecule has 8 heteroatoms. The van der Waals surface area contributed by atoms with E-state index in [1.54, 1.807) is 19.9 Å². The lowest BCUT2D eigenvalue weighted by Gasteiger charge is -2.31. The van der Waals surface area contributed by atoms with Gasteiger partial charge in [-0.05, 0) is 52.2 Å². The predicted octanol–water partition coefficient (Wildman–Crippen LogP) is 2.76. The second-order valence-corrected chi connectivity index (χ2v) is 8.29. The molecule has 1 heterocycles. The molecule has 0 spiro atoms. The van der Waals surface area contributed by atoms with E-state index < -0.39 is 15.9 Å². The summed E-state index contributed by atoms with van der Waals surface area (Å²) in [5, 5.41) is 0. The van der Waals surface area contributed by atoms with Crippen molar-refractivity contribution in [1.29, 1.82) is 0 Å². The summed E-state index contributed by atoms with van der Waals surface area (Å²) in [4.78, 5) is 12.1. The Balaban J connectivity index is 2.39. The smallest absolute Gasteiger partial charge is 0.310 e. The van der Waals surface area contributed by atoms with Gasteiger partial charge in [0.2, 0.25) is 10.0 Å². The number of sulfonamides is 1. The number of carbonyl (C=O) groups excluding carboxylic acids is 1. The summed E-state index contributed by atoms with van der Waals surface area (Å²) in [6.07, 6.45) is 1.23. The zero-order valence-electron chi connectivity index (χ0n) is 16.5. The van der Waals surface area contributed by atoms with E-state index in [2.05, 4.69) is 0 Å². The lowest BCUT2D eigenvalue weighted by molar-refractivity contribution is -0.149. The second-order valence-electron chi connectivity index (χ2n) is 6.38.